The number of piperidine rings is 1. The first-order valence-electron chi connectivity index (χ1n) is 13.9. The zero-order valence-electron chi connectivity index (χ0n) is 24.1. The Hall–Kier alpha value is -2.27. The van der Waals surface area contributed by atoms with Gasteiger partial charge in [0.2, 0.25) is 5.28 Å². The van der Waals surface area contributed by atoms with Crippen LogP contribution in [-0.4, -0.2) is 66.2 Å². The zero-order valence-corrected chi connectivity index (χ0v) is 24.9. The van der Waals surface area contributed by atoms with Crippen molar-refractivity contribution in [2.24, 2.45) is 0 Å². The number of aryl methyl sites for hydroxylation is 1. The molecule has 0 amide bonds. The third-order valence-electron chi connectivity index (χ3n) is 7.10. The third kappa shape index (κ3) is 8.86. The van der Waals surface area contributed by atoms with Gasteiger partial charge in [0.05, 0.1) is 30.5 Å². The van der Waals surface area contributed by atoms with Crippen molar-refractivity contribution in [1.29, 1.82) is 0 Å². The largest absolute Gasteiger partial charge is 0.378 e. The van der Waals surface area contributed by atoms with E-state index in [4.69, 9.17) is 21.1 Å². The molecule has 1 N–H and O–H groups in total. The van der Waals surface area contributed by atoms with Gasteiger partial charge in [-0.25, -0.2) is 23.1 Å². The molecular weight excluding hydrogens is 545 g/mol. The second-order valence-corrected chi connectivity index (χ2v) is 9.80. The van der Waals surface area contributed by atoms with Crippen molar-refractivity contribution in [2.75, 3.05) is 38.7 Å². The average molecular weight is 587 g/mol. The Kier molecular flexibility index (Phi) is 14.3. The normalized spacial score (nSPS) is 16.8. The molecule has 4 rings (SSSR count). The molecule has 2 fully saturated rings. The predicted molar refractivity (Wildman–Crippen MR) is 152 cm³/mol. The van der Waals surface area contributed by atoms with Crippen molar-refractivity contribution >= 4 is 23.7 Å². The van der Waals surface area contributed by atoms with Crippen LogP contribution in [-0.2, 0) is 33.7 Å². The Balaban J connectivity index is 0.000000296. The van der Waals surface area contributed by atoms with E-state index in [0.29, 0.717) is 18.3 Å². The van der Waals surface area contributed by atoms with E-state index in [1.807, 2.05) is 27.7 Å². The van der Waals surface area contributed by atoms with Crippen molar-refractivity contribution < 1.29 is 27.4 Å². The number of nitrogens with zero attached hydrogens (tertiary/aromatic N) is 3. The maximum Gasteiger partial charge on any atom is 0.266 e. The van der Waals surface area contributed by atoms with Crippen LogP contribution in [0, 0.1) is 5.82 Å². The second kappa shape index (κ2) is 16.9. The Morgan fingerprint density at radius 1 is 1.23 bits per heavy atom. The summed E-state index contributed by atoms with van der Waals surface area (Å²) in [6.45, 7) is 11.6. The molecule has 2 saturated heterocycles. The highest BCUT2D eigenvalue weighted by atomic mass is 35.5. The van der Waals surface area contributed by atoms with E-state index in [-0.39, 0.29) is 17.4 Å². The number of carbonyl (C=O) groups excluding carboxylic acids is 1. The van der Waals surface area contributed by atoms with Gasteiger partial charge in [-0.05, 0) is 37.3 Å². The first-order valence-corrected chi connectivity index (χ1v) is 14.3. The van der Waals surface area contributed by atoms with Crippen molar-refractivity contribution in [3.05, 3.63) is 51.7 Å². The summed E-state index contributed by atoms with van der Waals surface area (Å²) in [5.41, 5.74) is 0.802. The molecule has 11 heteroatoms. The number of alkyl halides is 2. The van der Waals surface area contributed by atoms with Crippen molar-refractivity contribution in [3.63, 3.8) is 0 Å². The summed E-state index contributed by atoms with van der Waals surface area (Å²) in [4.78, 5) is 21.7. The molecule has 0 atom stereocenters. The molecule has 7 nitrogen and oxygen atoms in total. The summed E-state index contributed by atoms with van der Waals surface area (Å²) in [6.07, 6.45) is 2.09. The number of aromatic nitrogens is 2. The van der Waals surface area contributed by atoms with Gasteiger partial charge in [-0.15, -0.1) is 0 Å². The van der Waals surface area contributed by atoms with Gasteiger partial charge < -0.3 is 19.6 Å². The number of carbonyl (C=O) groups is 1. The minimum Gasteiger partial charge on any atom is -0.378 e. The molecule has 0 unspecified atom stereocenters. The number of rotatable bonds is 10. The lowest BCUT2D eigenvalue weighted by molar-refractivity contribution is -0.139. The van der Waals surface area contributed by atoms with Crippen LogP contribution in [0.5, 0.6) is 0 Å². The Labute approximate surface area is 240 Å². The number of nitrogens with one attached hydrogen (secondary N) is 1. The monoisotopic (exact) mass is 586 g/mol. The number of benzene rings is 1. The summed E-state index contributed by atoms with van der Waals surface area (Å²) < 4.78 is 50.1. The highest BCUT2D eigenvalue weighted by molar-refractivity contribution is 6.28. The molecule has 224 valence electrons. The number of ether oxygens (including phenoxy) is 2. The molecule has 2 aromatic rings. The number of halogens is 4. The van der Waals surface area contributed by atoms with E-state index in [0.717, 1.165) is 75.6 Å². The lowest BCUT2D eigenvalue weighted by Gasteiger charge is -2.43. The fourth-order valence-corrected chi connectivity index (χ4v) is 4.80. The van der Waals surface area contributed by atoms with Crippen LogP contribution in [0.3, 0.4) is 0 Å². The summed E-state index contributed by atoms with van der Waals surface area (Å²) in [6, 6.07) is 4.55. The topological polar surface area (TPSA) is 76.6 Å². The van der Waals surface area contributed by atoms with Crippen LogP contribution in [0.15, 0.2) is 18.2 Å². The number of aldehydes is 1. The smallest absolute Gasteiger partial charge is 0.266 e. The van der Waals surface area contributed by atoms with Gasteiger partial charge in [0.15, 0.2) is 6.29 Å². The van der Waals surface area contributed by atoms with Gasteiger partial charge in [0, 0.05) is 37.9 Å². The van der Waals surface area contributed by atoms with Crippen LogP contribution in [0.2, 0.25) is 5.28 Å². The number of hydrogen-bond donors (Lipinski definition) is 1. The quantitative estimate of drug-likeness (QED) is 0.254. The Bertz CT molecular complexity index is 1070. The van der Waals surface area contributed by atoms with Crippen LogP contribution in [0.1, 0.15) is 75.8 Å². The zero-order chi connectivity index (χ0) is 29.7. The fraction of sp³-hybridized carbons (Fsp3) is 0.621. The maximum atomic E-state index is 14.1. The van der Waals surface area contributed by atoms with Crippen LogP contribution in [0.25, 0.3) is 0 Å². The molecule has 0 spiro atoms. The predicted octanol–water partition coefficient (Wildman–Crippen LogP) is 6.43. The number of hydrogen-bond acceptors (Lipinski definition) is 7. The van der Waals surface area contributed by atoms with E-state index < -0.39 is 23.4 Å². The highest BCUT2D eigenvalue weighted by Gasteiger charge is 2.37. The minimum atomic E-state index is -2.85. The van der Waals surface area contributed by atoms with E-state index in [9.17, 15) is 18.0 Å². The van der Waals surface area contributed by atoms with E-state index in [1.54, 1.807) is 7.11 Å². The lowest BCUT2D eigenvalue weighted by Crippen LogP contribution is -2.55. The molecule has 0 saturated carbocycles. The van der Waals surface area contributed by atoms with Gasteiger partial charge in [0.1, 0.15) is 17.2 Å². The second-order valence-electron chi connectivity index (χ2n) is 9.46. The van der Waals surface area contributed by atoms with Crippen LogP contribution < -0.4 is 5.32 Å². The molecule has 0 aliphatic carbocycles. The molecule has 3 heterocycles. The number of likely N-dealkylation sites (tertiary alicyclic amines) is 1. The summed E-state index contributed by atoms with van der Waals surface area (Å²) in [5.74, 6) is -0.380. The van der Waals surface area contributed by atoms with Gasteiger partial charge in [0.25, 0.3) is 6.43 Å². The molecular formula is C29H42ClF3N4O3. The molecule has 40 heavy (non-hydrogen) atoms. The minimum absolute atomic E-state index is 0.0400. The lowest BCUT2D eigenvalue weighted by atomic mass is 9.91. The Morgan fingerprint density at radius 2 is 1.90 bits per heavy atom. The standard InChI is InChI=1S/C17H19ClF3N3.C10H17NO3.C2H6/c1-3-6-13-11(4-2)16(24-17(18)23-13)22-9-10-7-5-8-12(14(10)19)15(20)21;1-13-10(8-12)2-4-11(5-3-10)9-6-14-7-9;1-2/h5,7-8,15H,3-4,6,9H2,1-2H3,(H,22,23,24);8-9H,2-7H2,1H3;1-2H3. The third-order valence-corrected chi connectivity index (χ3v) is 7.27. The fourth-order valence-electron chi connectivity index (χ4n) is 4.62. The SMILES string of the molecule is CC.CCCc1nc(Cl)nc(NCc2cccc(C(F)F)c2F)c1CC.COC1(C=O)CCN(C2COC2)CC1. The first-order chi connectivity index (χ1) is 19.3. The molecule has 2 aliphatic heterocycles. The summed E-state index contributed by atoms with van der Waals surface area (Å²) >= 11 is 5.96. The number of methoxy groups -OCH3 is 1. The van der Waals surface area contributed by atoms with E-state index in [2.05, 4.69) is 20.2 Å². The molecule has 2 aliphatic rings. The van der Waals surface area contributed by atoms with Crippen LogP contribution in [0.4, 0.5) is 19.0 Å². The molecule has 1 aromatic heterocycles. The van der Waals surface area contributed by atoms with Crippen molar-refractivity contribution in [3.8, 4) is 0 Å². The van der Waals surface area contributed by atoms with Crippen LogP contribution >= 0.6 is 11.6 Å². The van der Waals surface area contributed by atoms with Gasteiger partial charge in [-0.3, -0.25) is 4.90 Å². The molecule has 1 aromatic carbocycles. The maximum absolute atomic E-state index is 14.1. The average Bonchev–Trinajstić information content (AvgIpc) is 2.93. The van der Waals surface area contributed by atoms with Gasteiger partial charge in [-0.2, -0.15) is 0 Å². The molecule has 0 bridgehead atoms. The van der Waals surface area contributed by atoms with Gasteiger partial charge in [-0.1, -0.05) is 52.3 Å². The Morgan fingerprint density at radius 3 is 2.40 bits per heavy atom. The first kappa shape index (κ1) is 33.9. The van der Waals surface area contributed by atoms with Crippen molar-refractivity contribution in [2.45, 2.75) is 84.4 Å². The highest BCUT2D eigenvalue weighted by Crippen LogP contribution is 2.27. The summed E-state index contributed by atoms with van der Waals surface area (Å²) in [5, 5.41) is 3.12. The van der Waals surface area contributed by atoms with E-state index in [1.165, 1.54) is 12.1 Å². The van der Waals surface area contributed by atoms with E-state index >= 15 is 0 Å². The van der Waals surface area contributed by atoms with Crippen molar-refractivity contribution in [1.82, 2.24) is 14.9 Å². The van der Waals surface area contributed by atoms with Gasteiger partial charge >= 0.3 is 0 Å². The number of anilines is 1. The summed E-state index contributed by atoms with van der Waals surface area (Å²) in [7, 11) is 1.62. The molecule has 0 radical (unpaired) electrons.